The Kier molecular flexibility index (Phi) is 5.23. The van der Waals surface area contributed by atoms with E-state index < -0.39 is 0 Å². The first-order valence-electron chi connectivity index (χ1n) is 7.35. The van der Waals surface area contributed by atoms with E-state index in [-0.39, 0.29) is 5.92 Å². The number of hydrogen-bond acceptors (Lipinski definition) is 3. The topological polar surface area (TPSA) is 55.5 Å². The largest absolute Gasteiger partial charge is 0.508 e. The average molecular weight is 285 g/mol. The highest BCUT2D eigenvalue weighted by atomic mass is 16.5. The molecule has 0 radical (unpaired) electrons. The Balaban J connectivity index is 2.19. The number of aromatic hydroxyl groups is 1. The van der Waals surface area contributed by atoms with Crippen LogP contribution in [0.5, 0.6) is 11.5 Å². The summed E-state index contributed by atoms with van der Waals surface area (Å²) in [5.41, 5.74) is 9.38. The predicted octanol–water partition coefficient (Wildman–Crippen LogP) is 3.38. The number of benzene rings is 2. The monoisotopic (exact) mass is 285 g/mol. The van der Waals surface area contributed by atoms with Crippen molar-refractivity contribution < 1.29 is 9.84 Å². The molecule has 1 unspecified atom stereocenters. The molecule has 0 aliphatic rings. The van der Waals surface area contributed by atoms with Gasteiger partial charge >= 0.3 is 0 Å². The van der Waals surface area contributed by atoms with Gasteiger partial charge in [-0.3, -0.25) is 0 Å². The molecule has 3 nitrogen and oxygen atoms in total. The zero-order valence-electron chi connectivity index (χ0n) is 12.7. The minimum atomic E-state index is 0.237. The van der Waals surface area contributed by atoms with Crippen molar-refractivity contribution in [2.75, 3.05) is 13.2 Å². The fourth-order valence-electron chi connectivity index (χ4n) is 2.55. The van der Waals surface area contributed by atoms with E-state index in [4.69, 9.17) is 10.5 Å². The fourth-order valence-corrected chi connectivity index (χ4v) is 2.55. The molecule has 1 atom stereocenters. The number of aryl methyl sites for hydroxylation is 1. The number of ether oxygens (including phenoxy) is 1. The lowest BCUT2D eigenvalue weighted by molar-refractivity contribution is 0.337. The summed E-state index contributed by atoms with van der Waals surface area (Å²) >= 11 is 0. The molecule has 0 heterocycles. The highest BCUT2D eigenvalue weighted by molar-refractivity contribution is 5.38. The van der Waals surface area contributed by atoms with Gasteiger partial charge in [0.2, 0.25) is 0 Å². The van der Waals surface area contributed by atoms with Crippen molar-refractivity contribution in [3.63, 3.8) is 0 Å². The van der Waals surface area contributed by atoms with Crippen molar-refractivity contribution in [3.8, 4) is 11.5 Å². The Labute approximate surface area is 126 Å². The molecule has 2 rings (SSSR count). The van der Waals surface area contributed by atoms with Gasteiger partial charge in [0.15, 0.2) is 0 Å². The van der Waals surface area contributed by atoms with Crippen LogP contribution in [-0.4, -0.2) is 18.3 Å². The molecule has 2 aromatic carbocycles. The van der Waals surface area contributed by atoms with E-state index in [0.717, 1.165) is 23.3 Å². The van der Waals surface area contributed by atoms with Crippen molar-refractivity contribution in [2.45, 2.75) is 26.2 Å². The molecule has 0 saturated carbocycles. The lowest BCUT2D eigenvalue weighted by Gasteiger charge is -2.17. The fraction of sp³-hybridized carbons (Fsp3) is 0.333. The number of phenolic OH excluding ortho intramolecular Hbond substituents is 1. The molecule has 0 spiro atoms. The van der Waals surface area contributed by atoms with Gasteiger partial charge in [-0.25, -0.2) is 0 Å². The van der Waals surface area contributed by atoms with Gasteiger partial charge < -0.3 is 15.6 Å². The summed E-state index contributed by atoms with van der Waals surface area (Å²) < 4.78 is 5.57. The second-order valence-corrected chi connectivity index (χ2v) is 5.26. The van der Waals surface area contributed by atoms with Gasteiger partial charge in [-0.15, -0.1) is 0 Å². The minimum Gasteiger partial charge on any atom is -0.508 e. The molecule has 0 amide bonds. The van der Waals surface area contributed by atoms with Crippen LogP contribution in [0.3, 0.4) is 0 Å². The SMILES string of the molecule is CCOc1ccc(C(CN)Cc2cccc(O)c2)cc1C. The lowest BCUT2D eigenvalue weighted by atomic mass is 9.91. The highest BCUT2D eigenvalue weighted by Crippen LogP contribution is 2.26. The zero-order valence-corrected chi connectivity index (χ0v) is 12.7. The lowest BCUT2D eigenvalue weighted by Crippen LogP contribution is -2.15. The Morgan fingerprint density at radius 3 is 2.62 bits per heavy atom. The molecule has 0 aromatic heterocycles. The van der Waals surface area contributed by atoms with E-state index in [2.05, 4.69) is 19.1 Å². The summed E-state index contributed by atoms with van der Waals surface area (Å²) in [5.74, 6) is 1.46. The summed E-state index contributed by atoms with van der Waals surface area (Å²) in [5, 5.41) is 9.56. The Morgan fingerprint density at radius 2 is 2.00 bits per heavy atom. The highest BCUT2D eigenvalue weighted by Gasteiger charge is 2.12. The molecule has 3 heteroatoms. The normalized spacial score (nSPS) is 12.1. The Bertz CT molecular complexity index is 596. The quantitative estimate of drug-likeness (QED) is 0.855. The van der Waals surface area contributed by atoms with Gasteiger partial charge in [-0.1, -0.05) is 24.3 Å². The number of phenols is 1. The van der Waals surface area contributed by atoms with Crippen molar-refractivity contribution in [2.24, 2.45) is 5.73 Å². The zero-order chi connectivity index (χ0) is 15.2. The molecule has 0 fully saturated rings. The third-order valence-corrected chi connectivity index (χ3v) is 3.65. The Morgan fingerprint density at radius 1 is 1.19 bits per heavy atom. The third-order valence-electron chi connectivity index (χ3n) is 3.65. The van der Waals surface area contributed by atoms with E-state index in [0.29, 0.717) is 18.9 Å². The summed E-state index contributed by atoms with van der Waals surface area (Å²) in [6, 6.07) is 13.6. The van der Waals surface area contributed by atoms with Crippen LogP contribution in [0.1, 0.15) is 29.5 Å². The van der Waals surface area contributed by atoms with Crippen LogP contribution in [0.4, 0.5) is 0 Å². The molecule has 0 aliphatic heterocycles. The number of nitrogens with two attached hydrogens (primary N) is 1. The Hall–Kier alpha value is -2.00. The molecule has 21 heavy (non-hydrogen) atoms. The van der Waals surface area contributed by atoms with Gasteiger partial charge in [0, 0.05) is 5.92 Å². The second kappa shape index (κ2) is 7.14. The molecule has 112 valence electrons. The summed E-state index contributed by atoms with van der Waals surface area (Å²) in [4.78, 5) is 0. The molecule has 3 N–H and O–H groups in total. The maximum atomic E-state index is 9.56. The molecule has 0 bridgehead atoms. The summed E-state index contributed by atoms with van der Waals surface area (Å²) in [6.07, 6.45) is 0.818. The van der Waals surface area contributed by atoms with Crippen LogP contribution in [0.15, 0.2) is 42.5 Å². The maximum Gasteiger partial charge on any atom is 0.122 e. The van der Waals surface area contributed by atoms with Crippen LogP contribution in [0, 0.1) is 6.92 Å². The van der Waals surface area contributed by atoms with Crippen molar-refractivity contribution in [1.29, 1.82) is 0 Å². The third kappa shape index (κ3) is 3.99. The van der Waals surface area contributed by atoms with Crippen molar-refractivity contribution in [3.05, 3.63) is 59.2 Å². The molecule has 2 aromatic rings. The van der Waals surface area contributed by atoms with E-state index in [1.165, 1.54) is 5.56 Å². The van der Waals surface area contributed by atoms with Gasteiger partial charge in [-0.05, 0) is 61.7 Å². The summed E-state index contributed by atoms with van der Waals surface area (Å²) in [6.45, 7) is 5.28. The van der Waals surface area contributed by atoms with E-state index in [1.807, 2.05) is 25.1 Å². The van der Waals surface area contributed by atoms with Crippen LogP contribution < -0.4 is 10.5 Å². The molecular weight excluding hydrogens is 262 g/mol. The predicted molar refractivity (Wildman–Crippen MR) is 86.0 cm³/mol. The standard InChI is InChI=1S/C18H23NO2/c1-3-21-18-8-7-15(9-13(18)2)16(12-19)10-14-5-4-6-17(20)11-14/h4-9,11,16,20H,3,10,12,19H2,1-2H3. The first-order valence-corrected chi connectivity index (χ1v) is 7.35. The van der Waals surface area contributed by atoms with Crippen LogP contribution in [0.2, 0.25) is 0 Å². The van der Waals surface area contributed by atoms with E-state index in [9.17, 15) is 5.11 Å². The molecule has 0 aliphatic carbocycles. The average Bonchev–Trinajstić information content (AvgIpc) is 2.47. The van der Waals surface area contributed by atoms with Crippen LogP contribution >= 0.6 is 0 Å². The van der Waals surface area contributed by atoms with Crippen molar-refractivity contribution >= 4 is 0 Å². The van der Waals surface area contributed by atoms with E-state index in [1.54, 1.807) is 12.1 Å². The van der Waals surface area contributed by atoms with Gasteiger partial charge in [0.1, 0.15) is 11.5 Å². The number of rotatable bonds is 6. The van der Waals surface area contributed by atoms with Crippen LogP contribution in [-0.2, 0) is 6.42 Å². The number of hydrogen-bond donors (Lipinski definition) is 2. The van der Waals surface area contributed by atoms with Gasteiger partial charge in [0.05, 0.1) is 6.61 Å². The first-order chi connectivity index (χ1) is 10.1. The summed E-state index contributed by atoms with van der Waals surface area (Å²) in [7, 11) is 0. The second-order valence-electron chi connectivity index (χ2n) is 5.26. The maximum absolute atomic E-state index is 9.56. The minimum absolute atomic E-state index is 0.237. The van der Waals surface area contributed by atoms with Crippen molar-refractivity contribution in [1.82, 2.24) is 0 Å². The molecular formula is C18H23NO2. The van der Waals surface area contributed by atoms with Gasteiger partial charge in [0.25, 0.3) is 0 Å². The molecule has 0 saturated heterocycles. The van der Waals surface area contributed by atoms with Gasteiger partial charge in [-0.2, -0.15) is 0 Å². The smallest absolute Gasteiger partial charge is 0.122 e. The van der Waals surface area contributed by atoms with Crippen LogP contribution in [0.25, 0.3) is 0 Å². The first kappa shape index (κ1) is 15.4. The van der Waals surface area contributed by atoms with E-state index >= 15 is 0 Å².